The maximum atomic E-state index is 13.1. The number of nitrogens with one attached hydrogen (secondary N) is 2. The summed E-state index contributed by atoms with van der Waals surface area (Å²) in [4.78, 5) is 18.6. The van der Waals surface area contributed by atoms with Gasteiger partial charge in [0, 0.05) is 29.7 Å². The largest absolute Gasteiger partial charge is 0.489 e. The fraction of sp³-hybridized carbons (Fsp3) is 0.385. The van der Waals surface area contributed by atoms with Crippen LogP contribution in [0.25, 0.3) is 10.9 Å². The van der Waals surface area contributed by atoms with Gasteiger partial charge in [-0.15, -0.1) is 0 Å². The highest BCUT2D eigenvalue weighted by Crippen LogP contribution is 2.28. The topological polar surface area (TPSA) is 121 Å². The quantitative estimate of drug-likeness (QED) is 0.267. The van der Waals surface area contributed by atoms with Crippen molar-refractivity contribution in [2.45, 2.75) is 50.2 Å². The van der Waals surface area contributed by atoms with E-state index >= 15 is 0 Å². The number of carbonyl (C=O) groups excluding carboxylic acids is 1. The zero-order valence-electron chi connectivity index (χ0n) is 20.5. The van der Waals surface area contributed by atoms with Crippen molar-refractivity contribution < 1.29 is 23.2 Å². The third-order valence-corrected chi connectivity index (χ3v) is 7.91. The molecule has 1 fully saturated rings. The summed E-state index contributed by atoms with van der Waals surface area (Å²) in [6.07, 6.45) is 1.87. The average Bonchev–Trinajstić information content (AvgIpc) is 2.84. The van der Waals surface area contributed by atoms with Gasteiger partial charge in [0.1, 0.15) is 12.4 Å². The van der Waals surface area contributed by atoms with Crippen molar-refractivity contribution >= 4 is 26.8 Å². The zero-order valence-corrected chi connectivity index (χ0v) is 21.3. The maximum Gasteiger partial charge on any atom is 0.245 e. The molecule has 0 radical (unpaired) electrons. The van der Waals surface area contributed by atoms with E-state index < -0.39 is 21.5 Å². The molecule has 0 spiro atoms. The highest BCUT2D eigenvalue weighted by molar-refractivity contribution is 7.89. The second-order valence-electron chi connectivity index (χ2n) is 9.36. The highest BCUT2D eigenvalue weighted by Gasteiger charge is 2.47. The molecule has 1 saturated heterocycles. The second-order valence-corrected chi connectivity index (χ2v) is 11.0. The lowest BCUT2D eigenvalue weighted by Gasteiger charge is -2.50. The number of aromatic nitrogens is 1. The van der Waals surface area contributed by atoms with Crippen LogP contribution in [-0.4, -0.2) is 54.6 Å². The third kappa shape index (κ3) is 6.01. The number of hydrogen-bond acceptors (Lipinski definition) is 7. The monoisotopic (exact) mass is 512 g/mol. The van der Waals surface area contributed by atoms with Crippen molar-refractivity contribution in [1.82, 2.24) is 20.1 Å². The maximum absolute atomic E-state index is 13.1. The van der Waals surface area contributed by atoms with E-state index in [0.29, 0.717) is 25.4 Å². The van der Waals surface area contributed by atoms with E-state index in [0.717, 1.165) is 41.5 Å². The first-order valence-corrected chi connectivity index (χ1v) is 13.5. The van der Waals surface area contributed by atoms with Crippen molar-refractivity contribution in [1.29, 1.82) is 0 Å². The van der Waals surface area contributed by atoms with Gasteiger partial charge in [-0.05, 0) is 56.3 Å². The number of unbranched alkanes of at least 4 members (excludes halogenated alkanes) is 1. The number of nitrogens with zero attached hydrogens (tertiary/aromatic N) is 2. The fourth-order valence-corrected chi connectivity index (χ4v) is 6.03. The summed E-state index contributed by atoms with van der Waals surface area (Å²) >= 11 is 0. The Morgan fingerprint density at radius 3 is 2.58 bits per heavy atom. The number of ether oxygens (including phenoxy) is 1. The van der Waals surface area contributed by atoms with Crippen LogP contribution in [0.1, 0.15) is 37.4 Å². The first kappa shape index (κ1) is 26.0. The van der Waals surface area contributed by atoms with Gasteiger partial charge >= 0.3 is 0 Å². The van der Waals surface area contributed by atoms with Crippen molar-refractivity contribution in [3.63, 3.8) is 0 Å². The Hall–Kier alpha value is -3.05. The molecule has 9 nitrogen and oxygen atoms in total. The van der Waals surface area contributed by atoms with Crippen LogP contribution in [0.2, 0.25) is 0 Å². The summed E-state index contributed by atoms with van der Waals surface area (Å²) in [5.74, 6) is -0.0910. The summed E-state index contributed by atoms with van der Waals surface area (Å²) in [5, 5.41) is 9.98. The van der Waals surface area contributed by atoms with E-state index in [1.165, 1.54) is 12.1 Å². The van der Waals surface area contributed by atoms with Gasteiger partial charge in [0.2, 0.25) is 15.9 Å². The molecule has 3 N–H and O–H groups in total. The van der Waals surface area contributed by atoms with Crippen LogP contribution in [0.15, 0.2) is 59.5 Å². The summed E-state index contributed by atoms with van der Waals surface area (Å²) in [7, 11) is -3.90. The number of likely N-dealkylation sites (tertiary alicyclic amines) is 1. The number of hydrogen-bond donors (Lipinski definition) is 3. The molecule has 3 aromatic rings. The minimum Gasteiger partial charge on any atom is -0.489 e. The Labute approximate surface area is 211 Å². The number of rotatable bonds is 11. The number of sulfonamides is 1. The third-order valence-electron chi connectivity index (χ3n) is 6.31. The molecule has 10 heteroatoms. The molecule has 0 atom stereocenters. The molecule has 36 heavy (non-hydrogen) atoms. The number of aryl methyl sites for hydroxylation is 1. The van der Waals surface area contributed by atoms with Gasteiger partial charge in [0.05, 0.1) is 22.4 Å². The van der Waals surface area contributed by atoms with Crippen molar-refractivity contribution in [2.24, 2.45) is 0 Å². The van der Waals surface area contributed by atoms with Gasteiger partial charge < -0.3 is 4.74 Å². The molecule has 1 amide bonds. The molecule has 0 unspecified atom stereocenters. The first-order chi connectivity index (χ1) is 17.2. The molecule has 2 aromatic carbocycles. The highest BCUT2D eigenvalue weighted by atomic mass is 32.2. The van der Waals surface area contributed by atoms with E-state index in [2.05, 4.69) is 21.5 Å². The number of benzene rings is 2. The van der Waals surface area contributed by atoms with E-state index in [1.807, 2.05) is 37.3 Å². The Morgan fingerprint density at radius 1 is 1.17 bits per heavy atom. The normalized spacial score (nSPS) is 15.4. The minimum absolute atomic E-state index is 0.0795. The van der Waals surface area contributed by atoms with Gasteiger partial charge in [-0.25, -0.2) is 18.6 Å². The number of pyridine rings is 1. The lowest BCUT2D eigenvalue weighted by atomic mass is 9.87. The Kier molecular flexibility index (Phi) is 7.89. The Bertz CT molecular complexity index is 1320. The molecule has 2 heterocycles. The number of amides is 1. The first-order valence-electron chi connectivity index (χ1n) is 12.0. The van der Waals surface area contributed by atoms with Crippen LogP contribution in [0, 0.1) is 6.92 Å². The van der Waals surface area contributed by atoms with E-state index in [1.54, 1.807) is 17.6 Å². The van der Waals surface area contributed by atoms with Crippen molar-refractivity contribution in [3.8, 4) is 5.75 Å². The standard InChI is InChI=1S/C26H32N4O5S/c1-3-4-13-30-17-26(18-30,15-25(31)28-32)29-36(33,34)22-11-9-21(10-12-22)35-16-20-14-19(2)27-24-8-6-5-7-23(20)24/h5-12,14,29,32H,3-4,13,15-18H2,1-2H3,(H,28,31). The number of hydroxylamine groups is 1. The van der Waals surface area contributed by atoms with Gasteiger partial charge in [-0.3, -0.25) is 19.9 Å². The summed E-state index contributed by atoms with van der Waals surface area (Å²) in [5.41, 5.74) is 3.44. The molecule has 192 valence electrons. The smallest absolute Gasteiger partial charge is 0.245 e. The summed E-state index contributed by atoms with van der Waals surface area (Å²) in [6.45, 7) is 5.98. The molecule has 4 rings (SSSR count). The fourth-order valence-electron chi connectivity index (χ4n) is 4.64. The summed E-state index contributed by atoms with van der Waals surface area (Å²) in [6, 6.07) is 16.0. The predicted octanol–water partition coefficient (Wildman–Crippen LogP) is 3.15. The molecule has 0 aliphatic carbocycles. The van der Waals surface area contributed by atoms with Crippen molar-refractivity contribution in [3.05, 3.63) is 65.9 Å². The molecule has 0 bridgehead atoms. The number of para-hydroxylation sites is 1. The van der Waals surface area contributed by atoms with Gasteiger partial charge in [0.25, 0.3) is 0 Å². The van der Waals surface area contributed by atoms with Gasteiger partial charge in [-0.2, -0.15) is 0 Å². The van der Waals surface area contributed by atoms with Crippen LogP contribution in [0.5, 0.6) is 5.75 Å². The van der Waals surface area contributed by atoms with E-state index in [-0.39, 0.29) is 11.3 Å². The molecule has 1 aliphatic rings. The minimum atomic E-state index is -3.90. The Balaban J connectivity index is 1.44. The Morgan fingerprint density at radius 2 is 1.89 bits per heavy atom. The molecular formula is C26H32N4O5S. The molecule has 1 aromatic heterocycles. The number of fused-ring (bicyclic) bond motifs is 1. The van der Waals surface area contributed by atoms with Crippen LogP contribution >= 0.6 is 0 Å². The molecule has 1 aliphatic heterocycles. The van der Waals surface area contributed by atoms with E-state index in [9.17, 15) is 13.2 Å². The van der Waals surface area contributed by atoms with Crippen LogP contribution < -0.4 is 14.9 Å². The van der Waals surface area contributed by atoms with Crippen molar-refractivity contribution in [2.75, 3.05) is 19.6 Å². The van der Waals surface area contributed by atoms with Gasteiger partial charge in [-0.1, -0.05) is 31.5 Å². The lowest BCUT2D eigenvalue weighted by Crippen LogP contribution is -2.71. The lowest BCUT2D eigenvalue weighted by molar-refractivity contribution is -0.132. The van der Waals surface area contributed by atoms with Crippen LogP contribution in [-0.2, 0) is 21.4 Å². The average molecular weight is 513 g/mol. The van der Waals surface area contributed by atoms with E-state index in [4.69, 9.17) is 9.94 Å². The van der Waals surface area contributed by atoms with Crippen LogP contribution in [0.4, 0.5) is 0 Å². The van der Waals surface area contributed by atoms with Gasteiger partial charge in [0.15, 0.2) is 0 Å². The second kappa shape index (κ2) is 10.9. The molecule has 0 saturated carbocycles. The molecular weight excluding hydrogens is 480 g/mol. The SMILES string of the molecule is CCCCN1CC(CC(=O)NO)(NS(=O)(=O)c2ccc(OCc3cc(C)nc4ccccc34)cc2)C1. The number of carbonyl (C=O) groups is 1. The summed E-state index contributed by atoms with van der Waals surface area (Å²) < 4.78 is 34.9. The predicted molar refractivity (Wildman–Crippen MR) is 136 cm³/mol. The van der Waals surface area contributed by atoms with Crippen LogP contribution in [0.3, 0.4) is 0 Å². The zero-order chi connectivity index (χ0) is 25.8.